The second-order valence-corrected chi connectivity index (χ2v) is 5.31. The largest absolute Gasteiger partial charge is 0.330 e. The minimum Gasteiger partial charge on any atom is -0.330 e. The Morgan fingerprint density at radius 2 is 2.19 bits per heavy atom. The average molecular weight is 238 g/mol. The fourth-order valence-corrected chi connectivity index (χ4v) is 3.04. The third kappa shape index (κ3) is 2.68. The fraction of sp³-hybridized carbons (Fsp3) is 0.667. The molecule has 3 nitrogen and oxygen atoms in total. The van der Waals surface area contributed by atoms with Crippen molar-refractivity contribution in [3.05, 3.63) is 16.1 Å². The molecular formula is C12H18N2OS. The molecule has 1 aromatic heterocycles. The molecule has 1 heterocycles. The molecule has 2 rings (SSSR count). The van der Waals surface area contributed by atoms with Gasteiger partial charge in [0.2, 0.25) is 0 Å². The number of aromatic nitrogens is 1. The van der Waals surface area contributed by atoms with Crippen molar-refractivity contribution >= 4 is 17.1 Å². The molecule has 1 aromatic rings. The standard InChI is InChI=1S/C12H18N2OS/c13-7-6-11-14-10(8-16-11)12(15)9-4-2-1-3-5-9/h8-9H,1-7,13H2. The summed E-state index contributed by atoms with van der Waals surface area (Å²) in [5, 5.41) is 2.88. The fourth-order valence-electron chi connectivity index (χ4n) is 2.24. The van der Waals surface area contributed by atoms with Gasteiger partial charge >= 0.3 is 0 Å². The number of rotatable bonds is 4. The highest BCUT2D eigenvalue weighted by molar-refractivity contribution is 7.09. The van der Waals surface area contributed by atoms with Crippen LogP contribution in [0.4, 0.5) is 0 Å². The van der Waals surface area contributed by atoms with Crippen molar-refractivity contribution in [2.24, 2.45) is 11.7 Å². The molecule has 0 aliphatic heterocycles. The first-order valence-corrected chi connectivity index (χ1v) is 6.88. The molecule has 1 fully saturated rings. The Labute approximate surface area is 100 Å². The Morgan fingerprint density at radius 1 is 1.44 bits per heavy atom. The van der Waals surface area contributed by atoms with Crippen LogP contribution in [0, 0.1) is 5.92 Å². The molecule has 88 valence electrons. The lowest BCUT2D eigenvalue weighted by Gasteiger charge is -2.19. The van der Waals surface area contributed by atoms with Crippen LogP contribution in [0.1, 0.15) is 47.6 Å². The van der Waals surface area contributed by atoms with Gasteiger partial charge in [0, 0.05) is 17.7 Å². The van der Waals surface area contributed by atoms with E-state index in [1.807, 2.05) is 5.38 Å². The molecule has 2 N–H and O–H groups in total. The van der Waals surface area contributed by atoms with Crippen LogP contribution < -0.4 is 5.73 Å². The maximum atomic E-state index is 12.1. The quantitative estimate of drug-likeness (QED) is 0.819. The van der Waals surface area contributed by atoms with Crippen molar-refractivity contribution in [2.45, 2.75) is 38.5 Å². The summed E-state index contributed by atoms with van der Waals surface area (Å²) in [7, 11) is 0. The van der Waals surface area contributed by atoms with E-state index in [0.717, 1.165) is 24.3 Å². The summed E-state index contributed by atoms with van der Waals surface area (Å²) < 4.78 is 0. The van der Waals surface area contributed by atoms with E-state index >= 15 is 0 Å². The second-order valence-electron chi connectivity index (χ2n) is 4.36. The molecule has 0 amide bonds. The van der Waals surface area contributed by atoms with Gasteiger partial charge in [-0.2, -0.15) is 0 Å². The zero-order valence-electron chi connectivity index (χ0n) is 9.45. The van der Waals surface area contributed by atoms with Gasteiger partial charge in [0.25, 0.3) is 0 Å². The molecule has 0 spiro atoms. The maximum absolute atomic E-state index is 12.1. The molecule has 0 atom stereocenters. The third-order valence-corrected chi connectivity index (χ3v) is 4.05. The molecular weight excluding hydrogens is 220 g/mol. The van der Waals surface area contributed by atoms with E-state index in [-0.39, 0.29) is 11.7 Å². The van der Waals surface area contributed by atoms with E-state index < -0.39 is 0 Å². The van der Waals surface area contributed by atoms with Gasteiger partial charge in [-0.3, -0.25) is 4.79 Å². The van der Waals surface area contributed by atoms with Gasteiger partial charge in [0.1, 0.15) is 5.69 Å². The molecule has 0 unspecified atom stereocenters. The summed E-state index contributed by atoms with van der Waals surface area (Å²) in [6.07, 6.45) is 6.53. The average Bonchev–Trinajstić information content (AvgIpc) is 2.78. The van der Waals surface area contributed by atoms with Crippen molar-refractivity contribution in [2.75, 3.05) is 6.54 Å². The highest BCUT2D eigenvalue weighted by Crippen LogP contribution is 2.27. The number of thiazole rings is 1. The Hall–Kier alpha value is -0.740. The summed E-state index contributed by atoms with van der Waals surface area (Å²) in [5.74, 6) is 0.473. The first-order valence-electron chi connectivity index (χ1n) is 6.00. The number of Topliss-reactive ketones (excluding diaryl/α,β-unsaturated/α-hetero) is 1. The van der Waals surface area contributed by atoms with E-state index in [1.165, 1.54) is 19.3 Å². The summed E-state index contributed by atoms with van der Waals surface area (Å²) in [4.78, 5) is 16.5. The van der Waals surface area contributed by atoms with E-state index in [1.54, 1.807) is 11.3 Å². The van der Waals surface area contributed by atoms with Crippen molar-refractivity contribution in [1.82, 2.24) is 4.98 Å². The lowest BCUT2D eigenvalue weighted by Crippen LogP contribution is -2.18. The van der Waals surface area contributed by atoms with Crippen molar-refractivity contribution in [3.8, 4) is 0 Å². The highest BCUT2D eigenvalue weighted by atomic mass is 32.1. The topological polar surface area (TPSA) is 56.0 Å². The predicted octanol–water partition coefficient (Wildman–Crippen LogP) is 2.41. The van der Waals surface area contributed by atoms with Crippen LogP contribution in [0.5, 0.6) is 0 Å². The van der Waals surface area contributed by atoms with E-state index in [2.05, 4.69) is 4.98 Å². The van der Waals surface area contributed by atoms with Crippen molar-refractivity contribution in [3.63, 3.8) is 0 Å². The number of nitrogens with zero attached hydrogens (tertiary/aromatic N) is 1. The zero-order valence-corrected chi connectivity index (χ0v) is 10.3. The number of ketones is 1. The molecule has 1 saturated carbocycles. The first kappa shape index (κ1) is 11.7. The Bertz CT molecular complexity index is 356. The Morgan fingerprint density at radius 3 is 2.88 bits per heavy atom. The van der Waals surface area contributed by atoms with Gasteiger partial charge in [-0.25, -0.2) is 4.98 Å². The maximum Gasteiger partial charge on any atom is 0.185 e. The van der Waals surface area contributed by atoms with Crippen LogP contribution in [0.15, 0.2) is 5.38 Å². The minimum absolute atomic E-state index is 0.224. The van der Waals surface area contributed by atoms with Gasteiger partial charge in [-0.15, -0.1) is 11.3 Å². The monoisotopic (exact) mass is 238 g/mol. The lowest BCUT2D eigenvalue weighted by atomic mass is 9.85. The van der Waals surface area contributed by atoms with E-state index in [4.69, 9.17) is 5.73 Å². The van der Waals surface area contributed by atoms with Crippen LogP contribution in [-0.4, -0.2) is 17.3 Å². The zero-order chi connectivity index (χ0) is 11.4. The molecule has 0 aromatic carbocycles. The number of nitrogens with two attached hydrogens (primary N) is 1. The Kier molecular flexibility index (Phi) is 4.07. The second kappa shape index (κ2) is 5.55. The summed E-state index contributed by atoms with van der Waals surface area (Å²) >= 11 is 1.55. The molecule has 1 aliphatic carbocycles. The van der Waals surface area contributed by atoms with Crippen molar-refractivity contribution in [1.29, 1.82) is 0 Å². The van der Waals surface area contributed by atoms with Crippen LogP contribution in [0.3, 0.4) is 0 Å². The number of carbonyl (C=O) groups is 1. The number of carbonyl (C=O) groups excluding carboxylic acids is 1. The molecule has 16 heavy (non-hydrogen) atoms. The van der Waals surface area contributed by atoms with E-state index in [0.29, 0.717) is 12.2 Å². The summed E-state index contributed by atoms with van der Waals surface area (Å²) in [6, 6.07) is 0. The summed E-state index contributed by atoms with van der Waals surface area (Å²) in [5.41, 5.74) is 6.14. The first-order chi connectivity index (χ1) is 7.81. The normalized spacial score (nSPS) is 17.6. The molecule has 4 heteroatoms. The highest BCUT2D eigenvalue weighted by Gasteiger charge is 2.23. The van der Waals surface area contributed by atoms with Gasteiger partial charge in [0.15, 0.2) is 5.78 Å². The molecule has 0 radical (unpaired) electrons. The van der Waals surface area contributed by atoms with Gasteiger partial charge in [-0.1, -0.05) is 19.3 Å². The van der Waals surface area contributed by atoms with Crippen LogP contribution >= 0.6 is 11.3 Å². The summed E-state index contributed by atoms with van der Waals surface area (Å²) in [6.45, 7) is 0.602. The third-order valence-electron chi connectivity index (χ3n) is 3.14. The molecule has 0 bridgehead atoms. The van der Waals surface area contributed by atoms with Gasteiger partial charge in [0.05, 0.1) is 5.01 Å². The number of hydrogen-bond acceptors (Lipinski definition) is 4. The predicted molar refractivity (Wildman–Crippen MR) is 65.8 cm³/mol. The minimum atomic E-state index is 0.224. The van der Waals surface area contributed by atoms with Crippen LogP contribution in [0.2, 0.25) is 0 Å². The van der Waals surface area contributed by atoms with Gasteiger partial charge < -0.3 is 5.73 Å². The SMILES string of the molecule is NCCc1nc(C(=O)C2CCCCC2)cs1. The van der Waals surface area contributed by atoms with Crippen LogP contribution in [-0.2, 0) is 6.42 Å². The lowest BCUT2D eigenvalue weighted by molar-refractivity contribution is 0.0885. The van der Waals surface area contributed by atoms with Crippen molar-refractivity contribution < 1.29 is 4.79 Å². The smallest absolute Gasteiger partial charge is 0.185 e. The van der Waals surface area contributed by atoms with Crippen LogP contribution in [0.25, 0.3) is 0 Å². The van der Waals surface area contributed by atoms with E-state index in [9.17, 15) is 4.79 Å². The van der Waals surface area contributed by atoms with Gasteiger partial charge in [-0.05, 0) is 19.4 Å². The molecule has 0 saturated heterocycles. The Balaban J connectivity index is 2.01. The number of hydrogen-bond donors (Lipinski definition) is 1. The molecule has 1 aliphatic rings.